The fraction of sp³-hybridized carbons (Fsp3) is 0.429. The van der Waals surface area contributed by atoms with Gasteiger partial charge in [0.05, 0.1) is 7.11 Å². The van der Waals surface area contributed by atoms with Crippen LogP contribution in [0.2, 0.25) is 0 Å². The first-order valence-corrected chi connectivity index (χ1v) is 6.54. The number of hydrogen-bond donors (Lipinski definition) is 2. The molecule has 1 aromatic rings. The molecule has 1 aliphatic rings. The molecule has 1 aromatic carbocycles. The molecule has 0 atom stereocenters. The number of carbonyl (C=O) groups is 2. The fourth-order valence-corrected chi connectivity index (χ4v) is 2.41. The maximum Gasteiger partial charge on any atom is 0.254 e. The lowest BCUT2D eigenvalue weighted by Crippen LogP contribution is -2.41. The molecule has 1 aliphatic heterocycles. The summed E-state index contributed by atoms with van der Waals surface area (Å²) in [5.41, 5.74) is 12.0. The zero-order valence-corrected chi connectivity index (χ0v) is 11.5. The third kappa shape index (κ3) is 3.01. The predicted octanol–water partition coefficient (Wildman–Crippen LogP) is 0.615. The van der Waals surface area contributed by atoms with Crippen LogP contribution in [0, 0.1) is 5.92 Å². The number of hydrogen-bond acceptors (Lipinski definition) is 4. The van der Waals surface area contributed by atoms with E-state index in [2.05, 4.69) is 0 Å². The van der Waals surface area contributed by atoms with Gasteiger partial charge >= 0.3 is 0 Å². The third-order valence-electron chi connectivity index (χ3n) is 3.60. The smallest absolute Gasteiger partial charge is 0.254 e. The van der Waals surface area contributed by atoms with Gasteiger partial charge in [-0.3, -0.25) is 9.59 Å². The maximum absolute atomic E-state index is 12.4. The van der Waals surface area contributed by atoms with Crippen molar-refractivity contribution in [1.29, 1.82) is 0 Å². The average molecular weight is 277 g/mol. The van der Waals surface area contributed by atoms with Gasteiger partial charge < -0.3 is 21.1 Å². The zero-order chi connectivity index (χ0) is 14.7. The molecule has 0 unspecified atom stereocenters. The fourth-order valence-electron chi connectivity index (χ4n) is 2.41. The van der Waals surface area contributed by atoms with Gasteiger partial charge in [-0.25, -0.2) is 0 Å². The molecule has 6 nitrogen and oxygen atoms in total. The van der Waals surface area contributed by atoms with Crippen LogP contribution in [0.25, 0.3) is 0 Å². The molecule has 0 bridgehead atoms. The monoisotopic (exact) mass is 277 g/mol. The number of anilines is 1. The summed E-state index contributed by atoms with van der Waals surface area (Å²) in [6, 6.07) is 4.96. The molecule has 1 heterocycles. The molecule has 0 aromatic heterocycles. The molecule has 2 rings (SSSR count). The van der Waals surface area contributed by atoms with Crippen molar-refractivity contribution in [1.82, 2.24) is 4.90 Å². The van der Waals surface area contributed by atoms with E-state index >= 15 is 0 Å². The zero-order valence-electron chi connectivity index (χ0n) is 11.5. The number of ether oxygens (including phenoxy) is 1. The van der Waals surface area contributed by atoms with E-state index in [1.165, 1.54) is 7.11 Å². The third-order valence-corrected chi connectivity index (χ3v) is 3.60. The van der Waals surface area contributed by atoms with Gasteiger partial charge in [-0.1, -0.05) is 0 Å². The number of primary amides is 1. The number of nitrogens with zero attached hydrogens (tertiary/aromatic N) is 1. The molecule has 108 valence electrons. The van der Waals surface area contributed by atoms with Gasteiger partial charge in [-0.05, 0) is 25.0 Å². The number of carbonyl (C=O) groups excluding carboxylic acids is 2. The first-order chi connectivity index (χ1) is 9.51. The van der Waals surface area contributed by atoms with Crippen LogP contribution >= 0.6 is 0 Å². The van der Waals surface area contributed by atoms with Crippen molar-refractivity contribution in [2.24, 2.45) is 11.7 Å². The summed E-state index contributed by atoms with van der Waals surface area (Å²) >= 11 is 0. The van der Waals surface area contributed by atoms with Crippen LogP contribution in [0.5, 0.6) is 5.75 Å². The summed E-state index contributed by atoms with van der Waals surface area (Å²) in [7, 11) is 1.53. The largest absolute Gasteiger partial charge is 0.497 e. The molecule has 0 radical (unpaired) electrons. The molecule has 0 aliphatic carbocycles. The van der Waals surface area contributed by atoms with E-state index in [1.807, 2.05) is 0 Å². The second kappa shape index (κ2) is 5.81. The summed E-state index contributed by atoms with van der Waals surface area (Å²) < 4.78 is 5.11. The Kier molecular flexibility index (Phi) is 4.12. The number of nitrogens with two attached hydrogens (primary N) is 2. The van der Waals surface area contributed by atoms with Gasteiger partial charge in [0.1, 0.15) is 5.75 Å². The van der Waals surface area contributed by atoms with Crippen molar-refractivity contribution in [3.63, 3.8) is 0 Å². The lowest BCUT2D eigenvalue weighted by Gasteiger charge is -2.30. The number of rotatable bonds is 3. The molecular formula is C14H19N3O3. The second-order valence-electron chi connectivity index (χ2n) is 4.96. The van der Waals surface area contributed by atoms with Gasteiger partial charge in [0.2, 0.25) is 5.91 Å². The van der Waals surface area contributed by atoms with Gasteiger partial charge in [-0.15, -0.1) is 0 Å². The van der Waals surface area contributed by atoms with Crippen molar-refractivity contribution < 1.29 is 14.3 Å². The Balaban J connectivity index is 2.09. The molecule has 0 saturated carbocycles. The first kappa shape index (κ1) is 14.2. The topological polar surface area (TPSA) is 98.7 Å². The highest BCUT2D eigenvalue weighted by molar-refractivity contribution is 5.95. The lowest BCUT2D eigenvalue weighted by molar-refractivity contribution is -0.123. The highest BCUT2D eigenvalue weighted by Crippen LogP contribution is 2.22. The van der Waals surface area contributed by atoms with Crippen LogP contribution in [-0.2, 0) is 4.79 Å². The number of methoxy groups -OCH3 is 1. The van der Waals surface area contributed by atoms with Crippen molar-refractivity contribution in [2.75, 3.05) is 25.9 Å². The van der Waals surface area contributed by atoms with Crippen molar-refractivity contribution in [2.45, 2.75) is 12.8 Å². The molecule has 2 amide bonds. The summed E-state index contributed by atoms with van der Waals surface area (Å²) in [5.74, 6) is 0.0380. The molecule has 4 N–H and O–H groups in total. The Morgan fingerprint density at radius 3 is 2.45 bits per heavy atom. The summed E-state index contributed by atoms with van der Waals surface area (Å²) in [4.78, 5) is 25.2. The number of likely N-dealkylation sites (tertiary alicyclic amines) is 1. The highest BCUT2D eigenvalue weighted by Gasteiger charge is 2.26. The number of benzene rings is 1. The van der Waals surface area contributed by atoms with Gasteiger partial charge in [0, 0.05) is 36.3 Å². The van der Waals surface area contributed by atoms with Gasteiger partial charge in [-0.2, -0.15) is 0 Å². The summed E-state index contributed by atoms with van der Waals surface area (Å²) in [5, 5.41) is 0. The molecule has 1 fully saturated rings. The van der Waals surface area contributed by atoms with Crippen LogP contribution in [0.4, 0.5) is 5.69 Å². The highest BCUT2D eigenvalue weighted by atomic mass is 16.5. The molecule has 0 spiro atoms. The van der Waals surface area contributed by atoms with Gasteiger partial charge in [0.15, 0.2) is 0 Å². The first-order valence-electron chi connectivity index (χ1n) is 6.54. The quantitative estimate of drug-likeness (QED) is 0.791. The Labute approximate surface area is 117 Å². The van der Waals surface area contributed by atoms with Crippen LogP contribution < -0.4 is 16.2 Å². The van der Waals surface area contributed by atoms with Gasteiger partial charge in [0.25, 0.3) is 5.91 Å². The lowest BCUT2D eigenvalue weighted by atomic mass is 9.96. The van der Waals surface area contributed by atoms with E-state index in [-0.39, 0.29) is 17.7 Å². The SMILES string of the molecule is COc1cc(N)cc(C(=O)N2CCC(C(N)=O)CC2)c1. The predicted molar refractivity (Wildman–Crippen MR) is 75.2 cm³/mol. The Hall–Kier alpha value is -2.24. The van der Waals surface area contributed by atoms with Crippen LogP contribution in [0.1, 0.15) is 23.2 Å². The number of piperidine rings is 1. The van der Waals surface area contributed by atoms with E-state index < -0.39 is 0 Å². The minimum absolute atomic E-state index is 0.0986. The Bertz CT molecular complexity index is 522. The van der Waals surface area contributed by atoms with E-state index in [1.54, 1.807) is 23.1 Å². The molecule has 1 saturated heterocycles. The van der Waals surface area contributed by atoms with Crippen LogP contribution in [0.3, 0.4) is 0 Å². The van der Waals surface area contributed by atoms with E-state index in [9.17, 15) is 9.59 Å². The van der Waals surface area contributed by atoms with Crippen LogP contribution in [-0.4, -0.2) is 36.9 Å². The normalized spacial score (nSPS) is 15.9. The summed E-state index contributed by atoms with van der Waals surface area (Å²) in [6.45, 7) is 1.06. The van der Waals surface area contributed by atoms with Crippen molar-refractivity contribution in [3.8, 4) is 5.75 Å². The minimum atomic E-state index is -0.289. The maximum atomic E-state index is 12.4. The van der Waals surface area contributed by atoms with E-state index in [4.69, 9.17) is 16.2 Å². The van der Waals surface area contributed by atoms with Crippen molar-refractivity contribution in [3.05, 3.63) is 23.8 Å². The molecular weight excluding hydrogens is 258 g/mol. The van der Waals surface area contributed by atoms with Crippen molar-refractivity contribution >= 4 is 17.5 Å². The van der Waals surface area contributed by atoms with E-state index in [0.29, 0.717) is 42.9 Å². The Morgan fingerprint density at radius 2 is 1.90 bits per heavy atom. The summed E-state index contributed by atoms with van der Waals surface area (Å²) in [6.07, 6.45) is 1.22. The number of nitrogen functional groups attached to an aromatic ring is 1. The molecule has 6 heteroatoms. The van der Waals surface area contributed by atoms with Crippen LogP contribution in [0.15, 0.2) is 18.2 Å². The Morgan fingerprint density at radius 1 is 1.25 bits per heavy atom. The minimum Gasteiger partial charge on any atom is -0.497 e. The standard InChI is InChI=1S/C14H19N3O3/c1-20-12-7-10(6-11(15)8-12)14(19)17-4-2-9(3-5-17)13(16)18/h6-9H,2-5,15H2,1H3,(H2,16,18). The average Bonchev–Trinajstić information content (AvgIpc) is 2.45. The number of amides is 2. The van der Waals surface area contributed by atoms with E-state index in [0.717, 1.165) is 0 Å². The molecule has 20 heavy (non-hydrogen) atoms. The second-order valence-corrected chi connectivity index (χ2v) is 4.96.